The number of piperidine rings is 1. The Morgan fingerprint density at radius 1 is 1.16 bits per heavy atom. The molecule has 0 N–H and O–H groups in total. The van der Waals surface area contributed by atoms with Crippen molar-refractivity contribution in [3.05, 3.63) is 63.6 Å². The summed E-state index contributed by atoms with van der Waals surface area (Å²) in [5, 5.41) is 0.809. The SMILES string of the molecule is CC1CC(Cc2ccc(F)cc2F)CN(c2c(Cl)cccc2Cl)C1=O. The Hall–Kier alpha value is -1.65. The topological polar surface area (TPSA) is 20.3 Å². The van der Waals surface area contributed by atoms with E-state index in [1.54, 1.807) is 23.1 Å². The van der Waals surface area contributed by atoms with Crippen molar-refractivity contribution in [3.8, 4) is 0 Å². The van der Waals surface area contributed by atoms with Crippen LogP contribution in [0.2, 0.25) is 10.0 Å². The molecule has 2 aromatic rings. The van der Waals surface area contributed by atoms with E-state index in [2.05, 4.69) is 0 Å². The van der Waals surface area contributed by atoms with E-state index in [-0.39, 0.29) is 17.7 Å². The lowest BCUT2D eigenvalue weighted by atomic mass is 9.85. The first-order valence-electron chi connectivity index (χ1n) is 8.06. The van der Waals surface area contributed by atoms with Crippen LogP contribution in [0.15, 0.2) is 36.4 Å². The van der Waals surface area contributed by atoms with Crippen molar-refractivity contribution in [1.29, 1.82) is 0 Å². The van der Waals surface area contributed by atoms with Crippen molar-refractivity contribution in [2.45, 2.75) is 19.8 Å². The fourth-order valence-corrected chi connectivity index (χ4v) is 3.99. The Kier molecular flexibility index (Phi) is 5.30. The molecule has 0 radical (unpaired) electrons. The summed E-state index contributed by atoms with van der Waals surface area (Å²) in [5.41, 5.74) is 0.935. The molecule has 0 bridgehead atoms. The van der Waals surface area contributed by atoms with Gasteiger partial charge in [0.2, 0.25) is 5.91 Å². The highest BCUT2D eigenvalue weighted by molar-refractivity contribution is 6.40. The number of anilines is 1. The van der Waals surface area contributed by atoms with Crippen molar-refractivity contribution >= 4 is 34.8 Å². The number of carbonyl (C=O) groups excluding carboxylic acids is 1. The normalized spacial score (nSPS) is 20.8. The molecule has 3 rings (SSSR count). The molecule has 0 aromatic heterocycles. The number of hydrogen-bond donors (Lipinski definition) is 0. The Morgan fingerprint density at radius 2 is 1.84 bits per heavy atom. The fourth-order valence-electron chi connectivity index (χ4n) is 3.38. The van der Waals surface area contributed by atoms with Crippen molar-refractivity contribution < 1.29 is 13.6 Å². The smallest absolute Gasteiger partial charge is 0.229 e. The van der Waals surface area contributed by atoms with Crippen LogP contribution in [0.3, 0.4) is 0 Å². The van der Waals surface area contributed by atoms with E-state index < -0.39 is 11.6 Å². The third-order valence-electron chi connectivity index (χ3n) is 4.55. The summed E-state index contributed by atoms with van der Waals surface area (Å²) >= 11 is 12.5. The van der Waals surface area contributed by atoms with Gasteiger partial charge in [0.05, 0.1) is 15.7 Å². The minimum atomic E-state index is -0.599. The lowest BCUT2D eigenvalue weighted by molar-refractivity contribution is -0.124. The third-order valence-corrected chi connectivity index (χ3v) is 5.16. The molecule has 2 atom stereocenters. The van der Waals surface area contributed by atoms with Crippen molar-refractivity contribution in [2.24, 2.45) is 11.8 Å². The van der Waals surface area contributed by atoms with Crippen LogP contribution in [0.4, 0.5) is 14.5 Å². The molecular weight excluding hydrogens is 367 g/mol. The molecule has 6 heteroatoms. The number of hydrogen-bond acceptors (Lipinski definition) is 1. The van der Waals surface area contributed by atoms with Gasteiger partial charge in [-0.2, -0.15) is 0 Å². The summed E-state index contributed by atoms with van der Waals surface area (Å²) in [4.78, 5) is 14.2. The number of nitrogens with zero attached hydrogens (tertiary/aromatic N) is 1. The van der Waals surface area contributed by atoms with E-state index in [1.807, 2.05) is 6.92 Å². The first-order chi connectivity index (χ1) is 11.9. The highest BCUT2D eigenvalue weighted by atomic mass is 35.5. The standard InChI is InChI=1S/C19H17Cl2F2NO/c1-11-7-12(8-13-5-6-14(22)9-17(13)23)10-24(19(11)25)18-15(20)3-2-4-16(18)21/h2-6,9,11-12H,7-8,10H2,1H3. The van der Waals surface area contributed by atoms with Crippen LogP contribution in [0, 0.1) is 23.5 Å². The van der Waals surface area contributed by atoms with Gasteiger partial charge >= 0.3 is 0 Å². The molecule has 132 valence electrons. The molecule has 2 nitrogen and oxygen atoms in total. The zero-order valence-corrected chi connectivity index (χ0v) is 15.1. The molecule has 25 heavy (non-hydrogen) atoms. The molecule has 2 aromatic carbocycles. The van der Waals surface area contributed by atoms with Crippen LogP contribution < -0.4 is 4.90 Å². The van der Waals surface area contributed by atoms with Gasteiger partial charge in [-0.25, -0.2) is 8.78 Å². The zero-order chi connectivity index (χ0) is 18.1. The second-order valence-corrected chi connectivity index (χ2v) is 7.28. The Balaban J connectivity index is 1.87. The minimum Gasteiger partial charge on any atom is -0.309 e. The van der Waals surface area contributed by atoms with Gasteiger partial charge < -0.3 is 4.90 Å². The number of rotatable bonds is 3. The van der Waals surface area contributed by atoms with Gasteiger partial charge in [-0.3, -0.25) is 4.79 Å². The average molecular weight is 384 g/mol. The molecule has 1 fully saturated rings. The Bertz CT molecular complexity index is 792. The number of carbonyl (C=O) groups is 1. The molecule has 1 aliphatic rings. The molecule has 1 saturated heterocycles. The molecule has 0 spiro atoms. The molecule has 2 unspecified atom stereocenters. The maximum absolute atomic E-state index is 14.0. The second kappa shape index (κ2) is 7.30. The zero-order valence-electron chi connectivity index (χ0n) is 13.6. The maximum Gasteiger partial charge on any atom is 0.229 e. The predicted molar refractivity (Wildman–Crippen MR) is 96.1 cm³/mol. The summed E-state index contributed by atoms with van der Waals surface area (Å²) in [5.74, 6) is -1.41. The van der Waals surface area contributed by atoms with Crippen LogP contribution in [0.25, 0.3) is 0 Å². The van der Waals surface area contributed by atoms with Crippen LogP contribution in [0.5, 0.6) is 0 Å². The van der Waals surface area contributed by atoms with E-state index in [0.717, 1.165) is 6.07 Å². The van der Waals surface area contributed by atoms with Crippen molar-refractivity contribution in [2.75, 3.05) is 11.4 Å². The first-order valence-corrected chi connectivity index (χ1v) is 8.81. The molecular formula is C19H17Cl2F2NO. The maximum atomic E-state index is 14.0. The van der Waals surface area contributed by atoms with Gasteiger partial charge in [0, 0.05) is 18.5 Å². The molecule has 0 saturated carbocycles. The van der Waals surface area contributed by atoms with Crippen LogP contribution >= 0.6 is 23.2 Å². The number of para-hydroxylation sites is 1. The van der Waals surface area contributed by atoms with Crippen LogP contribution in [-0.4, -0.2) is 12.5 Å². The van der Waals surface area contributed by atoms with E-state index in [4.69, 9.17) is 23.2 Å². The lowest BCUT2D eigenvalue weighted by Gasteiger charge is -2.37. The van der Waals surface area contributed by atoms with Crippen LogP contribution in [-0.2, 0) is 11.2 Å². The van der Waals surface area contributed by atoms with E-state index in [9.17, 15) is 13.6 Å². The minimum absolute atomic E-state index is 0.0278. The second-order valence-electron chi connectivity index (χ2n) is 6.46. The van der Waals surface area contributed by atoms with Crippen molar-refractivity contribution in [1.82, 2.24) is 0 Å². The Morgan fingerprint density at radius 3 is 2.48 bits per heavy atom. The van der Waals surface area contributed by atoms with Gasteiger partial charge in [-0.05, 0) is 42.5 Å². The third kappa shape index (κ3) is 3.80. The monoisotopic (exact) mass is 383 g/mol. The van der Waals surface area contributed by atoms with Gasteiger partial charge in [-0.15, -0.1) is 0 Å². The first kappa shape index (κ1) is 18.2. The predicted octanol–water partition coefficient (Wildman–Crippen LogP) is 5.50. The largest absolute Gasteiger partial charge is 0.309 e. The van der Waals surface area contributed by atoms with Crippen molar-refractivity contribution in [3.63, 3.8) is 0 Å². The number of amides is 1. The highest BCUT2D eigenvalue weighted by Crippen LogP contribution is 2.38. The fraction of sp³-hybridized carbons (Fsp3) is 0.316. The molecule has 1 aliphatic heterocycles. The Labute approximate surface area is 155 Å². The molecule has 0 aliphatic carbocycles. The van der Waals surface area contributed by atoms with Gasteiger partial charge in [0.1, 0.15) is 11.6 Å². The number of benzene rings is 2. The summed E-state index contributed by atoms with van der Waals surface area (Å²) in [6.07, 6.45) is 1.05. The number of halogens is 4. The summed E-state index contributed by atoms with van der Waals surface area (Å²) in [6, 6.07) is 8.68. The highest BCUT2D eigenvalue weighted by Gasteiger charge is 2.34. The summed E-state index contributed by atoms with van der Waals surface area (Å²) in [7, 11) is 0. The van der Waals surface area contributed by atoms with Crippen LogP contribution in [0.1, 0.15) is 18.9 Å². The van der Waals surface area contributed by atoms with Gasteiger partial charge in [0.25, 0.3) is 0 Å². The summed E-state index contributed by atoms with van der Waals surface area (Å²) < 4.78 is 27.1. The summed E-state index contributed by atoms with van der Waals surface area (Å²) in [6.45, 7) is 2.23. The molecule has 1 heterocycles. The molecule has 1 amide bonds. The average Bonchev–Trinajstić information content (AvgIpc) is 2.54. The van der Waals surface area contributed by atoms with E-state index in [1.165, 1.54) is 12.1 Å². The van der Waals surface area contributed by atoms with E-state index >= 15 is 0 Å². The van der Waals surface area contributed by atoms with E-state index in [0.29, 0.717) is 40.7 Å². The quantitative estimate of drug-likeness (QED) is 0.684. The van der Waals surface area contributed by atoms with Gasteiger partial charge in [0.15, 0.2) is 0 Å². The lowest BCUT2D eigenvalue weighted by Crippen LogP contribution is -2.45. The van der Waals surface area contributed by atoms with Gasteiger partial charge in [-0.1, -0.05) is 42.3 Å².